The molecule has 0 radical (unpaired) electrons. The summed E-state index contributed by atoms with van der Waals surface area (Å²) in [6.07, 6.45) is 2.04. The fourth-order valence-electron chi connectivity index (χ4n) is 2.89. The Balaban J connectivity index is 2.23. The second kappa shape index (κ2) is 13.2. The Bertz CT molecular complexity index is 879. The zero-order valence-electron chi connectivity index (χ0n) is 18.7. The minimum Gasteiger partial charge on any atom is -0.457 e. The summed E-state index contributed by atoms with van der Waals surface area (Å²) in [6, 6.07) is 11.1. The topological polar surface area (TPSA) is 52.5 Å². The Hall–Kier alpha value is -1.54. The maximum absolute atomic E-state index is 6.16. The Labute approximate surface area is 205 Å². The van der Waals surface area contributed by atoms with Gasteiger partial charge in [-0.05, 0) is 61.7 Å². The van der Waals surface area contributed by atoms with E-state index in [4.69, 9.17) is 53.8 Å². The zero-order valence-corrected chi connectivity index (χ0v) is 21.0. The Morgan fingerprint density at radius 3 is 2.22 bits per heavy atom. The molecule has 0 unspecified atom stereocenters. The minimum absolute atomic E-state index is 0.148. The molecule has 0 aliphatic heterocycles. The quantitative estimate of drug-likeness (QED) is 0.134. The van der Waals surface area contributed by atoms with E-state index in [1.165, 1.54) is 0 Å². The van der Waals surface area contributed by atoms with Crippen molar-refractivity contribution < 1.29 is 18.9 Å². The van der Waals surface area contributed by atoms with Crippen molar-refractivity contribution in [3.8, 4) is 11.5 Å². The third-order valence-corrected chi connectivity index (χ3v) is 5.08. The number of alkyl halides is 3. The minimum atomic E-state index is -1.48. The second-order valence-electron chi connectivity index (χ2n) is 7.09. The molecule has 2 aromatic rings. The van der Waals surface area contributed by atoms with Crippen LogP contribution < -0.4 is 4.74 Å². The van der Waals surface area contributed by atoms with E-state index in [2.05, 4.69) is 11.9 Å². The summed E-state index contributed by atoms with van der Waals surface area (Å²) in [7, 11) is 1.99. The molecule has 0 saturated heterocycles. The van der Waals surface area contributed by atoms with Crippen LogP contribution in [-0.4, -0.2) is 49.0 Å². The van der Waals surface area contributed by atoms with Crippen molar-refractivity contribution in [1.82, 2.24) is 4.90 Å². The van der Waals surface area contributed by atoms with Crippen LogP contribution in [0.2, 0.25) is 0 Å². The van der Waals surface area contributed by atoms with Crippen molar-refractivity contribution in [3.05, 3.63) is 53.1 Å². The van der Waals surface area contributed by atoms with Gasteiger partial charge in [0.2, 0.25) is 0 Å². The van der Waals surface area contributed by atoms with Crippen molar-refractivity contribution in [2.45, 2.75) is 33.2 Å². The molecule has 6 nitrogen and oxygen atoms in total. The van der Waals surface area contributed by atoms with Gasteiger partial charge in [0, 0.05) is 13.6 Å². The van der Waals surface area contributed by atoms with Gasteiger partial charge in [-0.1, -0.05) is 46.9 Å². The lowest BCUT2D eigenvalue weighted by molar-refractivity contribution is -0.361. The molecule has 0 aromatic heterocycles. The van der Waals surface area contributed by atoms with Crippen LogP contribution in [-0.2, 0) is 20.6 Å². The summed E-state index contributed by atoms with van der Waals surface area (Å²) in [6.45, 7) is 6.96. The molecule has 0 bridgehead atoms. The molecular formula is C23H29Cl3N2O4. The van der Waals surface area contributed by atoms with Gasteiger partial charge in [-0.2, -0.15) is 0 Å². The van der Waals surface area contributed by atoms with Crippen molar-refractivity contribution in [3.63, 3.8) is 0 Å². The fourth-order valence-corrected chi connectivity index (χ4v) is 3.39. The van der Waals surface area contributed by atoms with Crippen LogP contribution >= 0.6 is 34.8 Å². The number of benzene rings is 2. The number of aliphatic imine (C=N–C) groups is 1. The Morgan fingerprint density at radius 1 is 0.969 bits per heavy atom. The summed E-state index contributed by atoms with van der Waals surface area (Å²) < 4.78 is 22.6. The largest absolute Gasteiger partial charge is 0.457 e. The number of hydrogen-bond acceptors (Lipinski definition) is 5. The van der Waals surface area contributed by atoms with E-state index in [0.717, 1.165) is 34.7 Å². The first-order chi connectivity index (χ1) is 15.4. The number of nitrogens with zero attached hydrogens (tertiary/aromatic N) is 2. The summed E-state index contributed by atoms with van der Waals surface area (Å²) in [5.74, 6) is -0.0787. The van der Waals surface area contributed by atoms with Gasteiger partial charge in [-0.15, -0.1) is 0 Å². The molecule has 0 heterocycles. The van der Waals surface area contributed by atoms with Gasteiger partial charge >= 0.3 is 0 Å². The van der Waals surface area contributed by atoms with E-state index >= 15 is 0 Å². The molecule has 32 heavy (non-hydrogen) atoms. The third kappa shape index (κ3) is 7.80. The van der Waals surface area contributed by atoms with Crippen LogP contribution in [0.1, 0.15) is 23.6 Å². The molecule has 0 saturated carbocycles. The second-order valence-corrected chi connectivity index (χ2v) is 7.75. The smallest absolute Gasteiger partial charge is 0.290 e. The number of aryl methyl sites for hydroxylation is 2. The molecule has 0 fully saturated rings. The van der Waals surface area contributed by atoms with E-state index in [1.807, 2.05) is 68.5 Å². The van der Waals surface area contributed by atoms with E-state index < -0.39 is 5.97 Å². The van der Waals surface area contributed by atoms with Crippen LogP contribution in [0.5, 0.6) is 11.5 Å². The Morgan fingerprint density at radius 2 is 1.62 bits per heavy atom. The monoisotopic (exact) mass is 502 g/mol. The van der Waals surface area contributed by atoms with Crippen molar-refractivity contribution >= 4 is 46.8 Å². The lowest BCUT2D eigenvalue weighted by Gasteiger charge is -2.31. The van der Waals surface area contributed by atoms with Gasteiger partial charge in [-0.3, -0.25) is 0 Å². The molecule has 0 N–H and O–H groups in total. The highest BCUT2D eigenvalue weighted by Gasteiger charge is 2.34. The van der Waals surface area contributed by atoms with Crippen molar-refractivity contribution in [2.75, 3.05) is 31.8 Å². The highest BCUT2D eigenvalue weighted by Crippen LogP contribution is 2.32. The van der Waals surface area contributed by atoms with E-state index in [-0.39, 0.29) is 24.6 Å². The standard InChI is InChI=1S/C23H29Cl3N2O4/c1-5-28(4)16-27-21-9-18(3)22(10-17(21)2)32-20-8-6-7-19(11-20)12-23(29-13-24,30-14-25)31-15-26/h6-11,16H,5,12-15H2,1-4H3/b27-16-. The summed E-state index contributed by atoms with van der Waals surface area (Å²) in [5, 5.41) is 0. The molecule has 0 aliphatic rings. The summed E-state index contributed by atoms with van der Waals surface area (Å²) in [4.78, 5) is 6.58. The number of halogens is 3. The summed E-state index contributed by atoms with van der Waals surface area (Å²) in [5.41, 5.74) is 3.73. The molecule has 0 aliphatic carbocycles. The predicted octanol–water partition coefficient (Wildman–Crippen LogP) is 6.54. The molecule has 9 heteroatoms. The van der Waals surface area contributed by atoms with Gasteiger partial charge in [0.25, 0.3) is 5.97 Å². The van der Waals surface area contributed by atoms with Gasteiger partial charge in [0.1, 0.15) is 29.7 Å². The summed E-state index contributed by atoms with van der Waals surface area (Å²) >= 11 is 17.2. The molecule has 0 amide bonds. The average Bonchev–Trinajstić information content (AvgIpc) is 2.75. The van der Waals surface area contributed by atoms with Gasteiger partial charge in [0.05, 0.1) is 18.4 Å². The van der Waals surface area contributed by atoms with Gasteiger partial charge in [-0.25, -0.2) is 4.99 Å². The molecule has 176 valence electrons. The van der Waals surface area contributed by atoms with Crippen LogP contribution in [0.15, 0.2) is 41.4 Å². The van der Waals surface area contributed by atoms with Crippen LogP contribution in [0.3, 0.4) is 0 Å². The van der Waals surface area contributed by atoms with E-state index in [0.29, 0.717) is 5.75 Å². The first kappa shape index (κ1) is 26.7. The average molecular weight is 504 g/mol. The molecular weight excluding hydrogens is 475 g/mol. The van der Waals surface area contributed by atoms with Crippen LogP contribution in [0.25, 0.3) is 0 Å². The van der Waals surface area contributed by atoms with Crippen LogP contribution in [0.4, 0.5) is 5.69 Å². The van der Waals surface area contributed by atoms with Crippen molar-refractivity contribution in [1.29, 1.82) is 0 Å². The first-order valence-electron chi connectivity index (χ1n) is 10.1. The lowest BCUT2D eigenvalue weighted by Crippen LogP contribution is -2.41. The fraction of sp³-hybridized carbons (Fsp3) is 0.435. The number of rotatable bonds is 13. The lowest BCUT2D eigenvalue weighted by atomic mass is 10.1. The normalized spacial score (nSPS) is 11.8. The van der Waals surface area contributed by atoms with Gasteiger partial charge < -0.3 is 23.8 Å². The highest BCUT2D eigenvalue weighted by atomic mass is 35.5. The SMILES string of the molecule is CCN(C)/C=N\c1cc(C)c(Oc2cccc(CC(OCCl)(OCCl)OCCl)c2)cc1C. The highest BCUT2D eigenvalue weighted by molar-refractivity contribution is 6.17. The van der Waals surface area contributed by atoms with E-state index in [9.17, 15) is 0 Å². The maximum atomic E-state index is 6.16. The van der Waals surface area contributed by atoms with Gasteiger partial charge in [0.15, 0.2) is 0 Å². The first-order valence-corrected chi connectivity index (χ1v) is 11.7. The predicted molar refractivity (Wildman–Crippen MR) is 131 cm³/mol. The third-order valence-electron chi connectivity index (χ3n) is 4.76. The number of ether oxygens (including phenoxy) is 4. The van der Waals surface area contributed by atoms with Crippen molar-refractivity contribution in [2.24, 2.45) is 4.99 Å². The zero-order chi connectivity index (χ0) is 23.6. The molecule has 2 aromatic carbocycles. The molecule has 0 spiro atoms. The number of hydrogen-bond donors (Lipinski definition) is 0. The molecule has 0 atom stereocenters. The van der Waals surface area contributed by atoms with Crippen LogP contribution in [0, 0.1) is 13.8 Å². The Kier molecular flexibility index (Phi) is 11.0. The maximum Gasteiger partial charge on any atom is 0.290 e. The molecule has 2 rings (SSSR count). The van der Waals surface area contributed by atoms with E-state index in [1.54, 1.807) is 0 Å².